The monoisotopic (exact) mass is 354 g/mol. The first-order valence-electron chi connectivity index (χ1n) is 8.44. The normalized spacial score (nSPS) is 23.9. The van der Waals surface area contributed by atoms with Crippen LogP contribution in [0.25, 0.3) is 0 Å². The van der Waals surface area contributed by atoms with Crippen LogP contribution < -0.4 is 0 Å². The maximum Gasteiger partial charge on any atom is 0.282 e. The summed E-state index contributed by atoms with van der Waals surface area (Å²) in [6.45, 7) is 3.10. The van der Waals surface area contributed by atoms with Crippen molar-refractivity contribution in [2.45, 2.75) is 25.4 Å². The molecule has 0 unspecified atom stereocenters. The first-order chi connectivity index (χ1) is 11.5. The molecule has 0 aromatic carbocycles. The highest BCUT2D eigenvalue weighted by molar-refractivity contribution is 7.86. The predicted molar refractivity (Wildman–Crippen MR) is 91.6 cm³/mol. The largest absolute Gasteiger partial charge is 0.379 e. The molecule has 134 valence electrons. The number of ether oxygens (including phenoxy) is 1. The molecule has 1 aromatic rings. The third kappa shape index (κ3) is 3.78. The van der Waals surface area contributed by atoms with Gasteiger partial charge in [0, 0.05) is 26.2 Å². The minimum Gasteiger partial charge on any atom is -0.379 e. The molecular formula is C16H26N4O3S. The van der Waals surface area contributed by atoms with Crippen LogP contribution in [-0.4, -0.2) is 73.9 Å². The van der Waals surface area contributed by atoms with Gasteiger partial charge in [-0.2, -0.15) is 17.0 Å². The van der Waals surface area contributed by atoms with Crippen LogP contribution in [0, 0.1) is 0 Å². The molecule has 0 spiro atoms. The Kier molecular flexibility index (Phi) is 5.51. The van der Waals surface area contributed by atoms with Gasteiger partial charge in [-0.1, -0.05) is 6.07 Å². The highest BCUT2D eigenvalue weighted by atomic mass is 32.2. The second-order valence-electron chi connectivity index (χ2n) is 6.58. The minimum atomic E-state index is -3.46. The van der Waals surface area contributed by atoms with E-state index in [4.69, 9.17) is 9.72 Å². The topological polar surface area (TPSA) is 66.0 Å². The standard InChI is InChI=1S/C16H26N4O3S/c1-18(2)13-14-5-3-6-15(17-14)16-7-4-8-20(16)24(21,22)19-9-11-23-12-10-19/h3,5-6,16H,4,7-13H2,1-2H3/t16-/m0/s1. The average Bonchev–Trinajstić information content (AvgIpc) is 3.06. The molecule has 0 amide bonds. The molecule has 1 atom stereocenters. The van der Waals surface area contributed by atoms with E-state index in [-0.39, 0.29) is 6.04 Å². The van der Waals surface area contributed by atoms with Crippen molar-refractivity contribution in [2.75, 3.05) is 46.9 Å². The smallest absolute Gasteiger partial charge is 0.282 e. The number of nitrogens with zero attached hydrogens (tertiary/aromatic N) is 4. The molecule has 2 saturated heterocycles. The lowest BCUT2D eigenvalue weighted by atomic mass is 10.1. The van der Waals surface area contributed by atoms with E-state index in [0.717, 1.165) is 30.8 Å². The lowest BCUT2D eigenvalue weighted by molar-refractivity contribution is 0.0698. The van der Waals surface area contributed by atoms with Crippen LogP contribution in [0.5, 0.6) is 0 Å². The third-order valence-corrected chi connectivity index (χ3v) is 6.49. The number of rotatable bonds is 5. The van der Waals surface area contributed by atoms with Gasteiger partial charge in [0.05, 0.1) is 30.6 Å². The molecule has 2 fully saturated rings. The van der Waals surface area contributed by atoms with Gasteiger partial charge in [0.1, 0.15) is 0 Å². The van der Waals surface area contributed by atoms with Gasteiger partial charge in [0.15, 0.2) is 0 Å². The van der Waals surface area contributed by atoms with Crippen LogP contribution in [0.4, 0.5) is 0 Å². The summed E-state index contributed by atoms with van der Waals surface area (Å²) in [4.78, 5) is 6.77. The molecule has 24 heavy (non-hydrogen) atoms. The Labute approximate surface area is 144 Å². The Morgan fingerprint density at radius 3 is 2.71 bits per heavy atom. The summed E-state index contributed by atoms with van der Waals surface area (Å²) in [5.74, 6) is 0. The van der Waals surface area contributed by atoms with Crippen LogP contribution in [-0.2, 0) is 21.5 Å². The summed E-state index contributed by atoms with van der Waals surface area (Å²) >= 11 is 0. The van der Waals surface area contributed by atoms with Crippen LogP contribution in [0.3, 0.4) is 0 Å². The van der Waals surface area contributed by atoms with Crippen LogP contribution in [0.2, 0.25) is 0 Å². The first-order valence-corrected chi connectivity index (χ1v) is 9.83. The lowest BCUT2D eigenvalue weighted by Crippen LogP contribution is -2.48. The molecule has 3 rings (SSSR count). The van der Waals surface area contributed by atoms with Crippen molar-refractivity contribution in [1.82, 2.24) is 18.5 Å². The Bertz CT molecular complexity index is 659. The fourth-order valence-corrected chi connectivity index (χ4v) is 5.14. The van der Waals surface area contributed by atoms with Crippen molar-refractivity contribution >= 4 is 10.2 Å². The molecule has 0 aliphatic carbocycles. The summed E-state index contributed by atoms with van der Waals surface area (Å²) in [5.41, 5.74) is 1.82. The van der Waals surface area contributed by atoms with Gasteiger partial charge in [-0.05, 0) is 39.1 Å². The van der Waals surface area contributed by atoms with E-state index in [1.54, 1.807) is 8.61 Å². The quantitative estimate of drug-likeness (QED) is 0.785. The molecule has 2 aliphatic rings. The van der Waals surface area contributed by atoms with Gasteiger partial charge in [-0.15, -0.1) is 0 Å². The van der Waals surface area contributed by atoms with Crippen LogP contribution in [0.15, 0.2) is 18.2 Å². The molecule has 0 N–H and O–H groups in total. The molecule has 0 bridgehead atoms. The van der Waals surface area contributed by atoms with E-state index in [1.807, 2.05) is 32.3 Å². The van der Waals surface area contributed by atoms with Crippen LogP contribution in [0.1, 0.15) is 30.3 Å². The zero-order valence-corrected chi connectivity index (χ0v) is 15.2. The molecule has 0 saturated carbocycles. The van der Waals surface area contributed by atoms with Crippen molar-refractivity contribution in [3.05, 3.63) is 29.6 Å². The van der Waals surface area contributed by atoms with E-state index in [9.17, 15) is 8.42 Å². The summed E-state index contributed by atoms with van der Waals surface area (Å²) in [6.07, 6.45) is 1.69. The minimum absolute atomic E-state index is 0.167. The highest BCUT2D eigenvalue weighted by Gasteiger charge is 2.39. The maximum atomic E-state index is 13.0. The second-order valence-corrected chi connectivity index (χ2v) is 8.46. The fourth-order valence-electron chi connectivity index (χ4n) is 3.33. The van der Waals surface area contributed by atoms with Crippen molar-refractivity contribution in [2.24, 2.45) is 0 Å². The molecule has 0 radical (unpaired) electrons. The van der Waals surface area contributed by atoms with Crippen molar-refractivity contribution < 1.29 is 13.2 Å². The SMILES string of the molecule is CN(C)Cc1cccc([C@@H]2CCCN2S(=O)(=O)N2CCOCC2)n1. The van der Waals surface area contributed by atoms with Crippen molar-refractivity contribution in [3.63, 3.8) is 0 Å². The summed E-state index contributed by atoms with van der Waals surface area (Å²) in [7, 11) is 0.540. The number of hydrogen-bond donors (Lipinski definition) is 0. The Balaban J connectivity index is 1.82. The van der Waals surface area contributed by atoms with E-state index >= 15 is 0 Å². The molecule has 8 heteroatoms. The molecule has 2 aliphatic heterocycles. The zero-order valence-electron chi connectivity index (χ0n) is 14.4. The highest BCUT2D eigenvalue weighted by Crippen LogP contribution is 2.34. The maximum absolute atomic E-state index is 13.0. The van der Waals surface area contributed by atoms with Gasteiger partial charge >= 0.3 is 0 Å². The predicted octanol–water partition coefficient (Wildman–Crippen LogP) is 0.857. The zero-order chi connectivity index (χ0) is 17.2. The van der Waals surface area contributed by atoms with Gasteiger partial charge in [0.25, 0.3) is 10.2 Å². The van der Waals surface area contributed by atoms with E-state index in [0.29, 0.717) is 32.8 Å². The Hall–Kier alpha value is -1.06. The van der Waals surface area contributed by atoms with E-state index < -0.39 is 10.2 Å². The van der Waals surface area contributed by atoms with Gasteiger partial charge in [-0.3, -0.25) is 4.98 Å². The molecule has 3 heterocycles. The van der Waals surface area contributed by atoms with E-state index in [2.05, 4.69) is 4.90 Å². The van der Waals surface area contributed by atoms with Gasteiger partial charge in [0.2, 0.25) is 0 Å². The Morgan fingerprint density at radius 2 is 2.00 bits per heavy atom. The van der Waals surface area contributed by atoms with Crippen molar-refractivity contribution in [1.29, 1.82) is 0 Å². The number of aromatic nitrogens is 1. The van der Waals surface area contributed by atoms with Crippen LogP contribution >= 0.6 is 0 Å². The number of hydrogen-bond acceptors (Lipinski definition) is 5. The first kappa shape index (κ1) is 17.8. The summed E-state index contributed by atoms with van der Waals surface area (Å²) < 4.78 is 34.4. The summed E-state index contributed by atoms with van der Waals surface area (Å²) in [6, 6.07) is 5.73. The number of pyridine rings is 1. The van der Waals surface area contributed by atoms with Crippen molar-refractivity contribution in [3.8, 4) is 0 Å². The Morgan fingerprint density at radius 1 is 1.25 bits per heavy atom. The summed E-state index contributed by atoms with van der Waals surface area (Å²) in [5, 5.41) is 0. The molecule has 1 aromatic heterocycles. The third-order valence-electron chi connectivity index (χ3n) is 4.44. The van der Waals surface area contributed by atoms with Gasteiger partial charge < -0.3 is 9.64 Å². The number of morpholine rings is 1. The second kappa shape index (κ2) is 7.45. The average molecular weight is 354 g/mol. The van der Waals surface area contributed by atoms with Gasteiger partial charge in [-0.25, -0.2) is 0 Å². The lowest BCUT2D eigenvalue weighted by Gasteiger charge is -2.32. The fraction of sp³-hybridized carbons (Fsp3) is 0.688. The molecule has 7 nitrogen and oxygen atoms in total. The van der Waals surface area contributed by atoms with E-state index in [1.165, 1.54) is 0 Å². The molecular weight excluding hydrogens is 328 g/mol.